The van der Waals surface area contributed by atoms with Gasteiger partial charge in [-0.05, 0) is 42.8 Å². The van der Waals surface area contributed by atoms with Gasteiger partial charge < -0.3 is 10.6 Å². The summed E-state index contributed by atoms with van der Waals surface area (Å²) in [6.07, 6.45) is 0.745. The van der Waals surface area contributed by atoms with Crippen LogP contribution in [0.25, 0.3) is 0 Å². The van der Waals surface area contributed by atoms with E-state index in [2.05, 4.69) is 10.6 Å². The predicted molar refractivity (Wildman–Crippen MR) is 125 cm³/mol. The van der Waals surface area contributed by atoms with Gasteiger partial charge in [-0.1, -0.05) is 49.4 Å². The maximum atomic E-state index is 14.6. The van der Waals surface area contributed by atoms with Gasteiger partial charge in [-0.2, -0.15) is 0 Å². The van der Waals surface area contributed by atoms with Crippen molar-refractivity contribution < 1.29 is 22.4 Å². The van der Waals surface area contributed by atoms with Crippen molar-refractivity contribution in [2.24, 2.45) is 0 Å². The molecular weight excluding hydrogens is 445 g/mol. The first kappa shape index (κ1) is 23.9. The van der Waals surface area contributed by atoms with Crippen LogP contribution in [0.5, 0.6) is 0 Å². The lowest BCUT2D eigenvalue weighted by atomic mass is 10.1. The number of para-hydroxylation sites is 2. The molecule has 2 N–H and O–H groups in total. The van der Waals surface area contributed by atoms with E-state index in [0.717, 1.165) is 12.5 Å². The number of sulfonamides is 1. The fourth-order valence-electron chi connectivity index (χ4n) is 3.12. The normalized spacial score (nSPS) is 11.0. The average Bonchev–Trinajstić information content (AvgIpc) is 2.82. The number of nitrogens with zero attached hydrogens (tertiary/aromatic N) is 1. The lowest BCUT2D eigenvalue weighted by Gasteiger charge is -2.24. The highest BCUT2D eigenvalue weighted by Gasteiger charge is 2.29. The molecule has 0 unspecified atom stereocenters. The molecule has 7 nitrogen and oxygen atoms in total. The summed E-state index contributed by atoms with van der Waals surface area (Å²) < 4.78 is 41.8. The highest BCUT2D eigenvalue weighted by molar-refractivity contribution is 7.92. The number of nitrogens with one attached hydrogen (secondary N) is 2. The van der Waals surface area contributed by atoms with E-state index in [1.165, 1.54) is 48.5 Å². The summed E-state index contributed by atoms with van der Waals surface area (Å²) in [5, 5.41) is 5.32. The Balaban J connectivity index is 1.92. The van der Waals surface area contributed by atoms with Crippen LogP contribution in [0.4, 0.5) is 15.8 Å². The van der Waals surface area contributed by atoms with Gasteiger partial charge in [0.1, 0.15) is 12.4 Å². The molecule has 3 rings (SSSR count). The molecule has 0 bridgehead atoms. The lowest BCUT2D eigenvalue weighted by molar-refractivity contribution is -0.114. The quantitative estimate of drug-likeness (QED) is 0.498. The summed E-state index contributed by atoms with van der Waals surface area (Å²) in [7, 11) is -4.25. The minimum Gasteiger partial charge on any atom is -0.352 e. The van der Waals surface area contributed by atoms with Crippen LogP contribution in [0.2, 0.25) is 0 Å². The zero-order valence-corrected chi connectivity index (χ0v) is 18.8. The molecule has 0 spiro atoms. The summed E-state index contributed by atoms with van der Waals surface area (Å²) in [6, 6.07) is 19.2. The van der Waals surface area contributed by atoms with E-state index in [4.69, 9.17) is 0 Å². The van der Waals surface area contributed by atoms with Crippen LogP contribution >= 0.6 is 0 Å². The van der Waals surface area contributed by atoms with E-state index < -0.39 is 28.3 Å². The summed E-state index contributed by atoms with van der Waals surface area (Å²) in [5.74, 6) is -1.88. The fourth-order valence-corrected chi connectivity index (χ4v) is 4.57. The van der Waals surface area contributed by atoms with Gasteiger partial charge in [-0.3, -0.25) is 13.9 Å². The molecule has 0 saturated carbocycles. The monoisotopic (exact) mass is 469 g/mol. The average molecular weight is 470 g/mol. The van der Waals surface area contributed by atoms with E-state index in [1.807, 2.05) is 6.92 Å². The number of rotatable bonds is 9. The van der Waals surface area contributed by atoms with Crippen molar-refractivity contribution >= 4 is 33.2 Å². The third-order valence-electron chi connectivity index (χ3n) is 4.72. The molecule has 33 heavy (non-hydrogen) atoms. The van der Waals surface area contributed by atoms with Crippen molar-refractivity contribution in [2.75, 3.05) is 22.7 Å². The molecule has 0 heterocycles. The number of hydrogen-bond acceptors (Lipinski definition) is 4. The Morgan fingerprint density at radius 2 is 1.55 bits per heavy atom. The topological polar surface area (TPSA) is 95.6 Å². The Bertz CT molecular complexity index is 1230. The van der Waals surface area contributed by atoms with Gasteiger partial charge in [0.05, 0.1) is 21.8 Å². The summed E-state index contributed by atoms with van der Waals surface area (Å²) in [6.45, 7) is 1.69. The van der Waals surface area contributed by atoms with Crippen LogP contribution in [0, 0.1) is 5.82 Å². The molecular formula is C24H24FN3O4S. The third-order valence-corrected chi connectivity index (χ3v) is 6.49. The van der Waals surface area contributed by atoms with Crippen molar-refractivity contribution in [3.05, 3.63) is 90.2 Å². The van der Waals surface area contributed by atoms with Crippen molar-refractivity contribution in [1.82, 2.24) is 5.32 Å². The second kappa shape index (κ2) is 10.7. The molecule has 0 aliphatic heterocycles. The van der Waals surface area contributed by atoms with Gasteiger partial charge in [0.15, 0.2) is 0 Å². The van der Waals surface area contributed by atoms with Crippen LogP contribution in [-0.4, -0.2) is 33.3 Å². The Hall–Kier alpha value is -3.72. The predicted octanol–water partition coefficient (Wildman–Crippen LogP) is 3.80. The highest BCUT2D eigenvalue weighted by Crippen LogP contribution is 2.26. The molecule has 0 radical (unpaired) electrons. The largest absolute Gasteiger partial charge is 0.352 e. The molecule has 172 valence electrons. The molecule has 0 aliphatic carbocycles. The molecule has 0 aromatic heterocycles. The first-order valence-corrected chi connectivity index (χ1v) is 11.8. The van der Waals surface area contributed by atoms with E-state index in [1.54, 1.807) is 24.3 Å². The zero-order chi connectivity index (χ0) is 23.8. The first-order chi connectivity index (χ1) is 15.8. The molecule has 3 aromatic rings. The van der Waals surface area contributed by atoms with Crippen molar-refractivity contribution in [3.63, 3.8) is 0 Å². The minimum absolute atomic E-state index is 0.0830. The van der Waals surface area contributed by atoms with Gasteiger partial charge in [-0.25, -0.2) is 12.8 Å². The number of halogens is 1. The lowest BCUT2D eigenvalue weighted by Crippen LogP contribution is -2.39. The van der Waals surface area contributed by atoms with Crippen molar-refractivity contribution in [1.29, 1.82) is 0 Å². The van der Waals surface area contributed by atoms with E-state index in [-0.39, 0.29) is 27.7 Å². The minimum atomic E-state index is -4.25. The Morgan fingerprint density at radius 3 is 2.24 bits per heavy atom. The maximum absolute atomic E-state index is 14.6. The van der Waals surface area contributed by atoms with E-state index in [9.17, 15) is 22.4 Å². The van der Waals surface area contributed by atoms with Crippen LogP contribution in [0.3, 0.4) is 0 Å². The van der Waals surface area contributed by atoms with Crippen molar-refractivity contribution in [2.45, 2.75) is 18.2 Å². The SMILES string of the molecule is CCCNC(=O)c1ccccc1NC(=O)CN(c1ccccc1F)S(=O)(=O)c1ccccc1. The molecule has 0 saturated heterocycles. The first-order valence-electron chi connectivity index (χ1n) is 10.3. The number of anilines is 2. The summed E-state index contributed by atoms with van der Waals surface area (Å²) in [4.78, 5) is 25.2. The van der Waals surface area contributed by atoms with Gasteiger partial charge in [0, 0.05) is 6.54 Å². The highest BCUT2D eigenvalue weighted by atomic mass is 32.2. The maximum Gasteiger partial charge on any atom is 0.264 e. The second-order valence-corrected chi connectivity index (χ2v) is 8.99. The summed E-state index contributed by atoms with van der Waals surface area (Å²) in [5.41, 5.74) is 0.204. The number of amides is 2. The van der Waals surface area contributed by atoms with Crippen LogP contribution in [0.15, 0.2) is 83.8 Å². The number of hydrogen-bond donors (Lipinski definition) is 2. The molecule has 9 heteroatoms. The van der Waals surface area contributed by atoms with Gasteiger partial charge in [-0.15, -0.1) is 0 Å². The summed E-state index contributed by atoms with van der Waals surface area (Å²) >= 11 is 0. The second-order valence-electron chi connectivity index (χ2n) is 7.13. The van der Waals surface area contributed by atoms with Gasteiger partial charge >= 0.3 is 0 Å². The third kappa shape index (κ3) is 5.75. The van der Waals surface area contributed by atoms with E-state index >= 15 is 0 Å². The Labute approximate surface area is 192 Å². The molecule has 0 aliphatic rings. The zero-order valence-electron chi connectivity index (χ0n) is 18.0. The smallest absolute Gasteiger partial charge is 0.264 e. The molecule has 0 fully saturated rings. The number of carbonyl (C=O) groups is 2. The molecule has 0 atom stereocenters. The Kier molecular flexibility index (Phi) is 7.78. The Morgan fingerprint density at radius 1 is 0.909 bits per heavy atom. The van der Waals surface area contributed by atoms with Crippen LogP contribution in [0.1, 0.15) is 23.7 Å². The number of benzene rings is 3. The molecule has 2 amide bonds. The standard InChI is InChI=1S/C24H24FN3O4S/c1-2-16-26-24(30)19-12-6-8-14-21(19)27-23(29)17-28(22-15-9-7-13-20(22)25)33(31,32)18-10-4-3-5-11-18/h3-15H,2,16-17H2,1H3,(H,26,30)(H,27,29). The van der Waals surface area contributed by atoms with E-state index in [0.29, 0.717) is 10.8 Å². The van der Waals surface area contributed by atoms with Gasteiger partial charge in [0.25, 0.3) is 15.9 Å². The fraction of sp³-hybridized carbons (Fsp3) is 0.167. The molecule has 3 aromatic carbocycles. The number of carbonyl (C=O) groups excluding carboxylic acids is 2. The van der Waals surface area contributed by atoms with Crippen LogP contribution < -0.4 is 14.9 Å². The van der Waals surface area contributed by atoms with Crippen molar-refractivity contribution in [3.8, 4) is 0 Å². The van der Waals surface area contributed by atoms with Crippen LogP contribution in [-0.2, 0) is 14.8 Å². The van der Waals surface area contributed by atoms with Gasteiger partial charge in [0.2, 0.25) is 5.91 Å².